The third-order valence-electron chi connectivity index (χ3n) is 3.82. The Morgan fingerprint density at radius 3 is 2.88 bits per heavy atom. The summed E-state index contributed by atoms with van der Waals surface area (Å²) in [6.07, 6.45) is 0.962. The van der Waals surface area contributed by atoms with Gasteiger partial charge in [-0.05, 0) is 30.5 Å². The van der Waals surface area contributed by atoms with Gasteiger partial charge in [0.1, 0.15) is 11.4 Å². The van der Waals surface area contributed by atoms with Crippen molar-refractivity contribution in [2.75, 3.05) is 7.11 Å². The van der Waals surface area contributed by atoms with Crippen LogP contribution >= 0.6 is 11.3 Å². The molecular weight excluding hydrogens is 336 g/mol. The van der Waals surface area contributed by atoms with E-state index in [-0.39, 0.29) is 0 Å². The highest BCUT2D eigenvalue weighted by Crippen LogP contribution is 2.31. The zero-order valence-electron chi connectivity index (χ0n) is 14.2. The van der Waals surface area contributed by atoms with Crippen LogP contribution in [0.1, 0.15) is 19.5 Å². The van der Waals surface area contributed by atoms with E-state index in [0.717, 1.165) is 39.1 Å². The maximum Gasteiger partial charge on any atom is 0.235 e. The zero-order valence-corrected chi connectivity index (χ0v) is 15.0. The van der Waals surface area contributed by atoms with Gasteiger partial charge in [-0.2, -0.15) is 14.7 Å². The molecule has 0 aliphatic heterocycles. The molecule has 0 aliphatic rings. The average molecular weight is 354 g/mol. The van der Waals surface area contributed by atoms with Crippen molar-refractivity contribution in [2.45, 2.75) is 20.3 Å². The lowest BCUT2D eigenvalue weighted by molar-refractivity contribution is 0.416. The van der Waals surface area contributed by atoms with Crippen molar-refractivity contribution in [1.82, 2.24) is 30.0 Å². The van der Waals surface area contributed by atoms with Crippen LogP contribution in [0.4, 0.5) is 0 Å². The van der Waals surface area contributed by atoms with Crippen LogP contribution in [0, 0.1) is 5.92 Å². The van der Waals surface area contributed by atoms with Crippen LogP contribution in [0.15, 0.2) is 30.3 Å². The molecule has 1 N–H and O–H groups in total. The zero-order chi connectivity index (χ0) is 17.4. The molecule has 4 rings (SSSR count). The van der Waals surface area contributed by atoms with E-state index in [1.807, 2.05) is 24.3 Å². The van der Waals surface area contributed by atoms with E-state index in [2.05, 4.69) is 45.4 Å². The molecule has 0 spiro atoms. The van der Waals surface area contributed by atoms with Crippen molar-refractivity contribution >= 4 is 16.3 Å². The first-order valence-corrected chi connectivity index (χ1v) is 8.87. The Morgan fingerprint density at radius 2 is 2.08 bits per heavy atom. The van der Waals surface area contributed by atoms with E-state index < -0.39 is 0 Å². The van der Waals surface area contributed by atoms with Gasteiger partial charge >= 0.3 is 0 Å². The molecule has 0 saturated carbocycles. The summed E-state index contributed by atoms with van der Waals surface area (Å²) in [5.41, 5.74) is 2.80. The minimum absolute atomic E-state index is 0.572. The van der Waals surface area contributed by atoms with Crippen LogP contribution in [0.5, 0.6) is 5.75 Å². The first-order valence-electron chi connectivity index (χ1n) is 8.06. The monoisotopic (exact) mass is 354 g/mol. The number of benzene rings is 1. The Hall–Kier alpha value is -2.74. The fraction of sp³-hybridized carbons (Fsp3) is 0.294. The fourth-order valence-electron chi connectivity index (χ4n) is 2.73. The highest BCUT2D eigenvalue weighted by Gasteiger charge is 2.18. The van der Waals surface area contributed by atoms with E-state index in [4.69, 9.17) is 4.74 Å². The van der Waals surface area contributed by atoms with Gasteiger partial charge in [-0.15, -0.1) is 10.2 Å². The van der Waals surface area contributed by atoms with Gasteiger partial charge in [0.15, 0.2) is 10.8 Å². The second kappa shape index (κ2) is 6.29. The predicted octanol–water partition coefficient (Wildman–Crippen LogP) is 3.45. The van der Waals surface area contributed by atoms with Gasteiger partial charge < -0.3 is 4.74 Å². The second-order valence-corrected chi connectivity index (χ2v) is 7.16. The van der Waals surface area contributed by atoms with E-state index >= 15 is 0 Å². The number of nitrogens with one attached hydrogen (secondary N) is 1. The standard InChI is InChI=1S/C17H18N6OS/c1-10(2)8-11-9-13(19-18-11)16-22-23-15(20-21-17(23)25-16)12-6-4-5-7-14(12)24-3/h4-7,9-10H,8H2,1-3H3,(H,18,19). The highest BCUT2D eigenvalue weighted by atomic mass is 32.1. The summed E-state index contributed by atoms with van der Waals surface area (Å²) in [5.74, 6) is 1.97. The van der Waals surface area contributed by atoms with Crippen LogP contribution in [0.25, 0.3) is 27.1 Å². The molecule has 8 heteroatoms. The maximum atomic E-state index is 5.43. The summed E-state index contributed by atoms with van der Waals surface area (Å²) >= 11 is 1.47. The van der Waals surface area contributed by atoms with E-state index in [0.29, 0.717) is 11.7 Å². The van der Waals surface area contributed by atoms with E-state index in [1.54, 1.807) is 11.6 Å². The largest absolute Gasteiger partial charge is 0.496 e. The van der Waals surface area contributed by atoms with Crippen molar-refractivity contribution in [1.29, 1.82) is 0 Å². The lowest BCUT2D eigenvalue weighted by Crippen LogP contribution is -1.94. The van der Waals surface area contributed by atoms with Crippen LogP contribution < -0.4 is 4.74 Å². The van der Waals surface area contributed by atoms with Gasteiger partial charge in [0.2, 0.25) is 4.96 Å². The average Bonchev–Trinajstić information content (AvgIpc) is 3.29. The van der Waals surface area contributed by atoms with Crippen molar-refractivity contribution in [3.63, 3.8) is 0 Å². The summed E-state index contributed by atoms with van der Waals surface area (Å²) in [6, 6.07) is 9.76. The van der Waals surface area contributed by atoms with Crippen LogP contribution in [-0.2, 0) is 6.42 Å². The molecule has 7 nitrogen and oxygen atoms in total. The molecule has 0 atom stereocenters. The minimum Gasteiger partial charge on any atom is -0.496 e. The summed E-state index contributed by atoms with van der Waals surface area (Å²) in [7, 11) is 1.64. The van der Waals surface area contributed by atoms with Gasteiger partial charge in [-0.25, -0.2) is 0 Å². The number of hydrogen-bond donors (Lipinski definition) is 1. The highest BCUT2D eigenvalue weighted by molar-refractivity contribution is 7.19. The van der Waals surface area contributed by atoms with Gasteiger partial charge in [-0.1, -0.05) is 37.3 Å². The van der Waals surface area contributed by atoms with E-state index in [9.17, 15) is 0 Å². The first kappa shape index (κ1) is 15.8. The Morgan fingerprint density at radius 1 is 1.24 bits per heavy atom. The Bertz CT molecular complexity index is 1020. The van der Waals surface area contributed by atoms with Gasteiger partial charge in [-0.3, -0.25) is 5.10 Å². The summed E-state index contributed by atoms with van der Waals surface area (Å²) in [5, 5.41) is 21.5. The molecule has 0 amide bonds. The van der Waals surface area contributed by atoms with Gasteiger partial charge in [0, 0.05) is 5.69 Å². The van der Waals surface area contributed by atoms with Crippen LogP contribution in [-0.4, -0.2) is 37.1 Å². The third kappa shape index (κ3) is 2.89. The summed E-state index contributed by atoms with van der Waals surface area (Å²) < 4.78 is 7.17. The maximum absolute atomic E-state index is 5.43. The predicted molar refractivity (Wildman–Crippen MR) is 96.8 cm³/mol. The number of ether oxygens (including phenoxy) is 1. The molecule has 25 heavy (non-hydrogen) atoms. The van der Waals surface area contributed by atoms with Crippen molar-refractivity contribution in [3.8, 4) is 27.8 Å². The van der Waals surface area contributed by atoms with Crippen molar-refractivity contribution in [2.24, 2.45) is 5.92 Å². The molecule has 128 valence electrons. The van der Waals surface area contributed by atoms with Gasteiger partial charge in [0.25, 0.3) is 0 Å². The number of aromatic nitrogens is 6. The van der Waals surface area contributed by atoms with Gasteiger partial charge in [0.05, 0.1) is 12.7 Å². The van der Waals surface area contributed by atoms with Crippen molar-refractivity contribution < 1.29 is 4.74 Å². The molecule has 0 radical (unpaired) electrons. The molecule has 0 bridgehead atoms. The minimum atomic E-state index is 0.572. The first-order chi connectivity index (χ1) is 12.2. The quantitative estimate of drug-likeness (QED) is 0.594. The van der Waals surface area contributed by atoms with E-state index in [1.165, 1.54) is 11.3 Å². The molecule has 1 aromatic carbocycles. The molecule has 3 aromatic heterocycles. The normalized spacial score (nSPS) is 11.5. The number of methoxy groups -OCH3 is 1. The van der Waals surface area contributed by atoms with Crippen LogP contribution in [0.3, 0.4) is 0 Å². The number of hydrogen-bond acceptors (Lipinski definition) is 6. The Kier molecular flexibility index (Phi) is 3.96. The Balaban J connectivity index is 1.75. The lowest BCUT2D eigenvalue weighted by atomic mass is 10.1. The molecule has 0 saturated heterocycles. The SMILES string of the molecule is COc1ccccc1-c1nnc2sc(-c3cc(CC(C)C)[nH]n3)nn12. The molecule has 0 fully saturated rings. The number of aromatic amines is 1. The van der Waals surface area contributed by atoms with Crippen LogP contribution in [0.2, 0.25) is 0 Å². The second-order valence-electron chi connectivity index (χ2n) is 6.20. The molecule has 3 heterocycles. The van der Waals surface area contributed by atoms with Crippen molar-refractivity contribution in [3.05, 3.63) is 36.0 Å². The Labute approximate surface area is 148 Å². The number of nitrogens with zero attached hydrogens (tertiary/aromatic N) is 5. The number of rotatable bonds is 5. The molecule has 0 unspecified atom stereocenters. The molecule has 0 aliphatic carbocycles. The molecule has 4 aromatic rings. The number of para-hydroxylation sites is 1. The number of fused-ring (bicyclic) bond motifs is 1. The third-order valence-corrected chi connectivity index (χ3v) is 4.74. The smallest absolute Gasteiger partial charge is 0.235 e. The summed E-state index contributed by atoms with van der Waals surface area (Å²) in [6.45, 7) is 4.37. The topological polar surface area (TPSA) is 81.0 Å². The fourth-order valence-corrected chi connectivity index (χ4v) is 3.53. The molecular formula is C17H18N6OS. The number of H-pyrrole nitrogens is 1. The summed E-state index contributed by atoms with van der Waals surface area (Å²) in [4.78, 5) is 0.726. The lowest BCUT2D eigenvalue weighted by Gasteiger charge is -2.04.